The Hall–Kier alpha value is -2.98. The van der Waals surface area contributed by atoms with Crippen LogP contribution in [-0.4, -0.2) is 45.5 Å². The summed E-state index contributed by atoms with van der Waals surface area (Å²) in [5.41, 5.74) is 0.516. The standard InChI is InChI=1S/C27H20Cl4N4O5S2/c1-11(24(37)34-26-16(9-32)15-6-7-35(12(2)36)10-17(15)42-26)41-14-5-3-4-13(8-14)33-25(38)18-19(27(39)40)21(29)23(31)22(30)20(18)28/h3-5,8,11H,6-7,10H2,1-2H3,(H,33,38)(H,34,37)(H,39,40). The highest BCUT2D eigenvalue weighted by Crippen LogP contribution is 2.42. The Morgan fingerprint density at radius 3 is 2.36 bits per heavy atom. The normalized spacial score (nSPS) is 13.1. The fourth-order valence-electron chi connectivity index (χ4n) is 4.24. The number of nitrogens with zero attached hydrogens (tertiary/aromatic N) is 2. The number of hydrogen-bond acceptors (Lipinski definition) is 7. The summed E-state index contributed by atoms with van der Waals surface area (Å²) in [5, 5.41) is 23.3. The highest BCUT2D eigenvalue weighted by atomic mass is 35.5. The molecule has 0 saturated heterocycles. The number of thioether (sulfide) groups is 1. The molecular weight excluding hydrogens is 666 g/mol. The predicted molar refractivity (Wildman–Crippen MR) is 166 cm³/mol. The van der Waals surface area contributed by atoms with Gasteiger partial charge >= 0.3 is 5.97 Å². The van der Waals surface area contributed by atoms with Crippen molar-refractivity contribution in [2.75, 3.05) is 17.2 Å². The molecule has 2 heterocycles. The van der Waals surface area contributed by atoms with E-state index < -0.39 is 33.3 Å². The summed E-state index contributed by atoms with van der Waals surface area (Å²) in [7, 11) is 0. The molecule has 4 rings (SSSR count). The number of carboxylic acid groups (broad SMARTS) is 1. The van der Waals surface area contributed by atoms with Crippen LogP contribution in [0.1, 0.15) is 50.6 Å². The van der Waals surface area contributed by atoms with Gasteiger partial charge in [0.05, 0.1) is 48.6 Å². The molecule has 2 aromatic carbocycles. The lowest BCUT2D eigenvalue weighted by atomic mass is 10.0. The van der Waals surface area contributed by atoms with Crippen molar-refractivity contribution in [2.24, 2.45) is 0 Å². The third-order valence-electron chi connectivity index (χ3n) is 6.33. The summed E-state index contributed by atoms with van der Waals surface area (Å²) in [6.07, 6.45) is 0.542. The first-order valence-electron chi connectivity index (χ1n) is 12.1. The monoisotopic (exact) mass is 684 g/mol. The molecule has 218 valence electrons. The number of benzene rings is 2. The topological polar surface area (TPSA) is 140 Å². The molecule has 0 spiro atoms. The molecule has 0 bridgehead atoms. The minimum absolute atomic E-state index is 0.0484. The van der Waals surface area contributed by atoms with E-state index in [9.17, 15) is 29.5 Å². The molecule has 1 aliphatic rings. The Bertz CT molecular complexity index is 1690. The van der Waals surface area contributed by atoms with Gasteiger partial charge in [-0.15, -0.1) is 23.1 Å². The maximum absolute atomic E-state index is 13.1. The van der Waals surface area contributed by atoms with Crippen molar-refractivity contribution >= 4 is 104 Å². The van der Waals surface area contributed by atoms with Gasteiger partial charge in [-0.05, 0) is 37.1 Å². The van der Waals surface area contributed by atoms with Gasteiger partial charge in [0.25, 0.3) is 5.91 Å². The fraction of sp³-hybridized carbons (Fsp3) is 0.222. The second-order valence-corrected chi connectivity index (χ2v) is 13.1. The van der Waals surface area contributed by atoms with Crippen LogP contribution in [-0.2, 0) is 22.6 Å². The number of carbonyl (C=O) groups excluding carboxylic acids is 3. The number of aromatic carboxylic acids is 1. The molecule has 1 aromatic heterocycles. The molecule has 1 atom stereocenters. The number of nitriles is 1. The van der Waals surface area contributed by atoms with Crippen LogP contribution >= 0.6 is 69.5 Å². The van der Waals surface area contributed by atoms with E-state index in [0.717, 1.165) is 10.4 Å². The lowest BCUT2D eigenvalue weighted by Crippen LogP contribution is -2.33. The van der Waals surface area contributed by atoms with E-state index >= 15 is 0 Å². The fourth-order valence-corrected chi connectivity index (χ4v) is 7.40. The quantitative estimate of drug-likeness (QED) is 0.136. The van der Waals surface area contributed by atoms with Gasteiger partial charge in [0.1, 0.15) is 11.1 Å². The molecule has 42 heavy (non-hydrogen) atoms. The van der Waals surface area contributed by atoms with Crippen LogP contribution in [0.5, 0.6) is 0 Å². The second-order valence-electron chi connectivity index (χ2n) is 9.05. The predicted octanol–water partition coefficient (Wildman–Crippen LogP) is 7.21. The van der Waals surface area contributed by atoms with Crippen molar-refractivity contribution in [1.82, 2.24) is 4.90 Å². The number of rotatable bonds is 7. The number of anilines is 2. The number of fused-ring (bicyclic) bond motifs is 1. The molecule has 0 fully saturated rings. The molecule has 0 aliphatic carbocycles. The van der Waals surface area contributed by atoms with Crippen molar-refractivity contribution in [3.63, 3.8) is 0 Å². The van der Waals surface area contributed by atoms with Gasteiger partial charge < -0.3 is 20.6 Å². The number of halogens is 4. The number of nitrogens with one attached hydrogen (secondary N) is 2. The lowest BCUT2D eigenvalue weighted by molar-refractivity contribution is -0.129. The van der Waals surface area contributed by atoms with Gasteiger partial charge in [0.15, 0.2) is 0 Å². The van der Waals surface area contributed by atoms with E-state index in [1.807, 2.05) is 0 Å². The third kappa shape index (κ3) is 6.49. The number of amides is 3. The van der Waals surface area contributed by atoms with Crippen LogP contribution in [0, 0.1) is 11.3 Å². The van der Waals surface area contributed by atoms with E-state index in [1.54, 1.807) is 36.1 Å². The summed E-state index contributed by atoms with van der Waals surface area (Å²) in [6.45, 7) is 4.11. The first kappa shape index (κ1) is 31.9. The van der Waals surface area contributed by atoms with Gasteiger partial charge in [0, 0.05) is 28.9 Å². The average molecular weight is 686 g/mol. The molecule has 0 radical (unpaired) electrons. The lowest BCUT2D eigenvalue weighted by Gasteiger charge is -2.25. The van der Waals surface area contributed by atoms with Crippen LogP contribution in [0.25, 0.3) is 0 Å². The van der Waals surface area contributed by atoms with E-state index in [2.05, 4.69) is 16.7 Å². The third-order valence-corrected chi connectivity index (χ3v) is 10.4. The Kier molecular flexibility index (Phi) is 9.98. The minimum atomic E-state index is -1.52. The molecule has 3 aromatic rings. The Balaban J connectivity index is 1.49. The van der Waals surface area contributed by atoms with Crippen LogP contribution < -0.4 is 10.6 Å². The maximum Gasteiger partial charge on any atom is 0.338 e. The van der Waals surface area contributed by atoms with Crippen LogP contribution in [0.3, 0.4) is 0 Å². The number of carbonyl (C=O) groups is 4. The molecule has 3 N–H and O–H groups in total. The van der Waals surface area contributed by atoms with E-state index in [-0.39, 0.29) is 26.9 Å². The summed E-state index contributed by atoms with van der Waals surface area (Å²) in [4.78, 5) is 53.0. The van der Waals surface area contributed by atoms with E-state index in [0.29, 0.717) is 40.7 Å². The zero-order chi connectivity index (χ0) is 30.9. The number of carboxylic acids is 1. The molecule has 3 amide bonds. The van der Waals surface area contributed by atoms with Gasteiger partial charge in [-0.3, -0.25) is 14.4 Å². The maximum atomic E-state index is 13.1. The van der Waals surface area contributed by atoms with Crippen molar-refractivity contribution in [3.8, 4) is 6.07 Å². The molecule has 15 heteroatoms. The van der Waals surface area contributed by atoms with Crippen molar-refractivity contribution in [2.45, 2.75) is 37.0 Å². The molecular formula is C27H20Cl4N4O5S2. The SMILES string of the molecule is CC(=O)N1CCc2c(sc(NC(=O)C(C)Sc3cccc(NC(=O)c4c(Cl)c(Cl)c(Cl)c(Cl)c4C(=O)O)c3)c2C#N)C1. The summed E-state index contributed by atoms with van der Waals surface area (Å²) in [6, 6.07) is 8.73. The van der Waals surface area contributed by atoms with Crippen LogP contribution in [0.4, 0.5) is 10.7 Å². The van der Waals surface area contributed by atoms with Crippen molar-refractivity contribution in [1.29, 1.82) is 5.26 Å². The summed E-state index contributed by atoms with van der Waals surface area (Å²) < 4.78 is 0. The largest absolute Gasteiger partial charge is 0.478 e. The summed E-state index contributed by atoms with van der Waals surface area (Å²) in [5.74, 6) is -2.78. The highest BCUT2D eigenvalue weighted by Gasteiger charge is 2.30. The van der Waals surface area contributed by atoms with Gasteiger partial charge in [0.2, 0.25) is 11.8 Å². The Labute approximate surface area is 268 Å². The zero-order valence-electron chi connectivity index (χ0n) is 21.8. The van der Waals surface area contributed by atoms with Crippen LogP contribution in [0.2, 0.25) is 20.1 Å². The van der Waals surface area contributed by atoms with Gasteiger partial charge in [-0.1, -0.05) is 52.5 Å². The number of thiophene rings is 1. The molecule has 1 aliphatic heterocycles. The molecule has 1 unspecified atom stereocenters. The smallest absolute Gasteiger partial charge is 0.338 e. The summed E-state index contributed by atoms with van der Waals surface area (Å²) >= 11 is 26.7. The Morgan fingerprint density at radius 2 is 1.74 bits per heavy atom. The van der Waals surface area contributed by atoms with Crippen molar-refractivity contribution < 1.29 is 24.3 Å². The average Bonchev–Trinajstić information content (AvgIpc) is 3.29. The highest BCUT2D eigenvalue weighted by molar-refractivity contribution is 8.00. The van der Waals surface area contributed by atoms with Crippen molar-refractivity contribution in [3.05, 3.63) is 71.5 Å². The van der Waals surface area contributed by atoms with Gasteiger partial charge in [-0.25, -0.2) is 4.79 Å². The Morgan fingerprint density at radius 1 is 1.07 bits per heavy atom. The zero-order valence-corrected chi connectivity index (χ0v) is 26.5. The van der Waals surface area contributed by atoms with Gasteiger partial charge in [-0.2, -0.15) is 5.26 Å². The number of hydrogen-bond donors (Lipinski definition) is 3. The first-order valence-corrected chi connectivity index (χ1v) is 15.3. The molecule has 0 saturated carbocycles. The second kappa shape index (κ2) is 13.1. The van der Waals surface area contributed by atoms with Crippen LogP contribution in [0.15, 0.2) is 29.2 Å². The van der Waals surface area contributed by atoms with E-state index in [4.69, 9.17) is 46.4 Å². The minimum Gasteiger partial charge on any atom is -0.478 e. The van der Waals surface area contributed by atoms with E-state index in [1.165, 1.54) is 30.0 Å². The first-order chi connectivity index (χ1) is 19.8. The molecule has 9 nitrogen and oxygen atoms in total.